The van der Waals surface area contributed by atoms with Gasteiger partial charge in [-0.2, -0.15) is 10.5 Å². The van der Waals surface area contributed by atoms with Crippen molar-refractivity contribution in [3.05, 3.63) is 0 Å². The lowest BCUT2D eigenvalue weighted by atomic mass is 10.9. The van der Waals surface area contributed by atoms with Gasteiger partial charge in [-0.15, -0.1) is 0 Å². The van der Waals surface area contributed by atoms with Crippen LogP contribution in [0.15, 0.2) is 0 Å². The Morgan fingerprint density at radius 3 is 1.33 bits per heavy atom. The highest BCUT2D eigenvalue weighted by Crippen LogP contribution is 1.27. The van der Waals surface area contributed by atoms with E-state index < -0.39 is 0 Å². The molecule has 0 aliphatic heterocycles. The molecule has 0 aliphatic rings. The van der Waals surface area contributed by atoms with Crippen molar-refractivity contribution in [1.29, 1.82) is 10.5 Å². The smallest absolute Gasteiger partial charge is 0.181 e. The molecule has 3 heteroatoms. The molecule has 6 heavy (non-hydrogen) atoms. The molecule has 3 nitrogen and oxygen atoms in total. The maximum atomic E-state index is 7.26. The molecule has 0 spiro atoms. The molecular formula is C3H4N2O. The van der Waals surface area contributed by atoms with Crippen molar-refractivity contribution in [3.63, 3.8) is 0 Å². The van der Waals surface area contributed by atoms with Crippen LogP contribution in [0.25, 0.3) is 0 Å². The Morgan fingerprint density at radius 2 is 1.33 bits per heavy atom. The summed E-state index contributed by atoms with van der Waals surface area (Å²) < 4.78 is 0. The lowest BCUT2D eigenvalue weighted by Gasteiger charge is -1.21. The van der Waals surface area contributed by atoms with Gasteiger partial charge < -0.3 is 5.11 Å². The summed E-state index contributed by atoms with van der Waals surface area (Å²) in [6, 6.07) is 2.47. The molecule has 0 heterocycles. The van der Waals surface area contributed by atoms with Gasteiger partial charge in [-0.1, -0.05) is 0 Å². The van der Waals surface area contributed by atoms with Crippen molar-refractivity contribution < 1.29 is 5.11 Å². The van der Waals surface area contributed by atoms with Crippen LogP contribution >= 0.6 is 0 Å². The second kappa shape index (κ2) is 38.5. The van der Waals surface area contributed by atoms with Gasteiger partial charge >= 0.3 is 0 Å². The summed E-state index contributed by atoms with van der Waals surface area (Å²) in [4.78, 5) is 0. The first-order chi connectivity index (χ1) is 2.91. The van der Waals surface area contributed by atoms with Gasteiger partial charge in [-0.05, 0) is 0 Å². The van der Waals surface area contributed by atoms with Crippen LogP contribution in [0, 0.1) is 22.7 Å². The molecule has 0 fully saturated rings. The number of aliphatic hydroxyl groups excluding tert-OH is 1. The summed E-state index contributed by atoms with van der Waals surface area (Å²) in [5.41, 5.74) is 0. The maximum Gasteiger partial charge on any atom is 0.181 e. The molecule has 0 radical (unpaired) electrons. The van der Waals surface area contributed by atoms with Crippen LogP contribution in [0.1, 0.15) is 0 Å². The SMILES string of the molecule is CO.N#CC#N. The Labute approximate surface area is 36.1 Å². The van der Waals surface area contributed by atoms with Gasteiger partial charge in [0.15, 0.2) is 12.1 Å². The second-order valence-electron chi connectivity index (χ2n) is 0.224. The van der Waals surface area contributed by atoms with Gasteiger partial charge in [0.25, 0.3) is 0 Å². The summed E-state index contributed by atoms with van der Waals surface area (Å²) in [7, 11) is 1.00. The summed E-state index contributed by atoms with van der Waals surface area (Å²) in [5.74, 6) is 0. The fourth-order valence-corrected chi connectivity index (χ4v) is 0. The fourth-order valence-electron chi connectivity index (χ4n) is 0. The van der Waals surface area contributed by atoms with Crippen LogP contribution in [0.5, 0.6) is 0 Å². The predicted molar refractivity (Wildman–Crippen MR) is 19.4 cm³/mol. The molecule has 0 rings (SSSR count). The number of hydrogen-bond donors (Lipinski definition) is 1. The van der Waals surface area contributed by atoms with E-state index in [4.69, 9.17) is 15.6 Å². The van der Waals surface area contributed by atoms with E-state index in [0.717, 1.165) is 7.11 Å². The van der Waals surface area contributed by atoms with Gasteiger partial charge in [-0.3, -0.25) is 0 Å². The molecule has 32 valence electrons. The Kier molecular flexibility index (Phi) is 57.0. The van der Waals surface area contributed by atoms with Crippen LogP contribution in [-0.2, 0) is 0 Å². The highest BCUT2D eigenvalue weighted by Gasteiger charge is 1.39. The monoisotopic (exact) mass is 84.0 g/mol. The molecular weight excluding hydrogens is 80.0 g/mol. The number of nitrogens with zero attached hydrogens (tertiary/aromatic N) is 2. The van der Waals surface area contributed by atoms with Crippen molar-refractivity contribution >= 4 is 0 Å². The average molecular weight is 84.1 g/mol. The highest BCUT2D eigenvalue weighted by molar-refractivity contribution is 4.99. The van der Waals surface area contributed by atoms with Crippen molar-refractivity contribution in [1.82, 2.24) is 0 Å². The van der Waals surface area contributed by atoms with Gasteiger partial charge in [0.1, 0.15) is 0 Å². The minimum Gasteiger partial charge on any atom is -0.400 e. The molecule has 0 saturated carbocycles. The third kappa shape index (κ3) is 3070. The Balaban J connectivity index is 0. The topological polar surface area (TPSA) is 67.8 Å². The van der Waals surface area contributed by atoms with E-state index in [9.17, 15) is 0 Å². The largest absolute Gasteiger partial charge is 0.400 e. The van der Waals surface area contributed by atoms with Crippen molar-refractivity contribution in [2.24, 2.45) is 0 Å². The Hall–Kier alpha value is -1.06. The zero-order valence-corrected chi connectivity index (χ0v) is 3.34. The number of hydrogen-bond acceptors (Lipinski definition) is 3. The average Bonchev–Trinajstić information content (AvgIpc) is 1.72. The predicted octanol–water partition coefficient (Wildman–Crippen LogP) is -0.358. The summed E-state index contributed by atoms with van der Waals surface area (Å²) >= 11 is 0. The molecule has 0 aromatic heterocycles. The van der Waals surface area contributed by atoms with Crippen LogP contribution in [0.2, 0.25) is 0 Å². The number of aliphatic hydroxyl groups is 1. The zero-order valence-electron chi connectivity index (χ0n) is 3.34. The molecule has 0 amide bonds. The third-order valence-electron chi connectivity index (χ3n) is 0.0500. The Bertz CT molecular complexity index is 63.8. The molecule has 0 aromatic carbocycles. The first-order valence-corrected chi connectivity index (χ1v) is 1.14. The summed E-state index contributed by atoms with van der Waals surface area (Å²) in [6.07, 6.45) is 0. The van der Waals surface area contributed by atoms with Crippen molar-refractivity contribution in [2.75, 3.05) is 7.11 Å². The van der Waals surface area contributed by atoms with Gasteiger partial charge in [0.2, 0.25) is 0 Å². The lowest BCUT2D eigenvalue weighted by Crippen LogP contribution is -1.26. The first kappa shape index (κ1) is 8.87. The van der Waals surface area contributed by atoms with Crippen LogP contribution < -0.4 is 0 Å². The maximum absolute atomic E-state index is 7.26. The second-order valence-corrected chi connectivity index (χ2v) is 0.224. The van der Waals surface area contributed by atoms with E-state index >= 15 is 0 Å². The van der Waals surface area contributed by atoms with E-state index in [0.29, 0.717) is 0 Å². The molecule has 0 atom stereocenters. The van der Waals surface area contributed by atoms with Gasteiger partial charge in [0, 0.05) is 7.11 Å². The summed E-state index contributed by atoms with van der Waals surface area (Å²) in [6.45, 7) is 0. The van der Waals surface area contributed by atoms with Crippen LogP contribution in [0.4, 0.5) is 0 Å². The van der Waals surface area contributed by atoms with Gasteiger partial charge in [-0.25, -0.2) is 0 Å². The van der Waals surface area contributed by atoms with E-state index in [1.807, 2.05) is 0 Å². The minimum absolute atomic E-state index is 1.00. The molecule has 0 bridgehead atoms. The van der Waals surface area contributed by atoms with E-state index in [-0.39, 0.29) is 0 Å². The molecule has 1 N–H and O–H groups in total. The fraction of sp³-hybridized carbons (Fsp3) is 0.333. The van der Waals surface area contributed by atoms with Crippen LogP contribution in [-0.4, -0.2) is 12.2 Å². The quantitative estimate of drug-likeness (QED) is 0.436. The van der Waals surface area contributed by atoms with Crippen LogP contribution in [0.3, 0.4) is 0 Å². The normalized spacial score (nSPS) is 2.67. The standard InChI is InChI=1S/C2N2.CH4O/c3-1-2-4;1-2/h;2H,1H3. The molecule has 0 unspecified atom stereocenters. The third-order valence-corrected chi connectivity index (χ3v) is 0.0500. The van der Waals surface area contributed by atoms with Crippen molar-refractivity contribution in [3.8, 4) is 12.1 Å². The van der Waals surface area contributed by atoms with Crippen molar-refractivity contribution in [2.45, 2.75) is 0 Å². The number of rotatable bonds is 0. The molecule has 0 aromatic rings. The van der Waals surface area contributed by atoms with E-state index in [1.165, 1.54) is 12.1 Å². The molecule has 0 saturated heterocycles. The molecule has 0 aliphatic carbocycles. The first-order valence-electron chi connectivity index (χ1n) is 1.14. The zero-order chi connectivity index (χ0) is 5.41. The number of nitriles is 2. The summed E-state index contributed by atoms with van der Waals surface area (Å²) in [5, 5.41) is 21.5. The van der Waals surface area contributed by atoms with E-state index in [1.54, 1.807) is 0 Å². The van der Waals surface area contributed by atoms with Gasteiger partial charge in [0.05, 0.1) is 0 Å². The Morgan fingerprint density at radius 1 is 1.17 bits per heavy atom. The minimum atomic E-state index is 1.00. The van der Waals surface area contributed by atoms with E-state index in [2.05, 4.69) is 0 Å². The highest BCUT2D eigenvalue weighted by atomic mass is 16.2. The lowest BCUT2D eigenvalue weighted by molar-refractivity contribution is 0.399.